The van der Waals surface area contributed by atoms with E-state index in [9.17, 15) is 4.79 Å². The summed E-state index contributed by atoms with van der Waals surface area (Å²) in [5.74, 6) is 0.926. The van der Waals surface area contributed by atoms with Gasteiger partial charge in [0.2, 0.25) is 0 Å². The fourth-order valence-electron chi connectivity index (χ4n) is 1.59. The quantitative estimate of drug-likeness (QED) is 0.879. The lowest BCUT2D eigenvalue weighted by atomic mass is 10.2. The van der Waals surface area contributed by atoms with Crippen LogP contribution in [0.25, 0.3) is 0 Å². The first-order chi connectivity index (χ1) is 8.79. The first-order valence-electron chi connectivity index (χ1n) is 5.61. The number of benzene rings is 1. The summed E-state index contributed by atoms with van der Waals surface area (Å²) >= 11 is 1.55. The van der Waals surface area contributed by atoms with Crippen molar-refractivity contribution in [3.63, 3.8) is 0 Å². The van der Waals surface area contributed by atoms with E-state index in [0.717, 1.165) is 23.5 Å². The maximum Gasteiger partial charge on any atom is 0.325 e. The molecule has 0 radical (unpaired) electrons. The Hall–Kier alpha value is -1.53. The van der Waals surface area contributed by atoms with E-state index in [2.05, 4.69) is 15.6 Å². The van der Waals surface area contributed by atoms with Crippen LogP contribution in [0.5, 0.6) is 0 Å². The first kappa shape index (κ1) is 12.9. The van der Waals surface area contributed by atoms with Crippen molar-refractivity contribution < 1.29 is 9.53 Å². The highest BCUT2D eigenvalue weighted by Gasteiger charge is 2.11. The van der Waals surface area contributed by atoms with Gasteiger partial charge in [-0.05, 0) is 6.07 Å². The van der Waals surface area contributed by atoms with Gasteiger partial charge < -0.3 is 10.1 Å². The molecule has 1 aromatic carbocycles. The molecule has 1 heterocycles. The molecule has 0 saturated carbocycles. The highest BCUT2D eigenvalue weighted by atomic mass is 32.2. The number of aliphatic imine (C=N–C) groups is 1. The summed E-state index contributed by atoms with van der Waals surface area (Å²) in [7, 11) is 1.63. The van der Waals surface area contributed by atoms with Gasteiger partial charge in [0.15, 0.2) is 5.17 Å². The average molecular weight is 265 g/mol. The number of hydrogen-bond donors (Lipinski definition) is 2. The number of ether oxygens (including phenoxy) is 1. The molecule has 0 spiro atoms. The van der Waals surface area contributed by atoms with Crippen LogP contribution >= 0.6 is 11.8 Å². The number of rotatable bonds is 3. The number of para-hydroxylation sites is 1. The molecule has 0 saturated heterocycles. The maximum absolute atomic E-state index is 11.8. The summed E-state index contributed by atoms with van der Waals surface area (Å²) in [5, 5.41) is 6.19. The van der Waals surface area contributed by atoms with Crippen LogP contribution in [0.15, 0.2) is 29.3 Å². The molecule has 0 bridgehead atoms. The Labute approximate surface area is 110 Å². The number of carbonyl (C=O) groups excluding carboxylic acids is 1. The summed E-state index contributed by atoms with van der Waals surface area (Å²) < 4.78 is 5.08. The number of amides is 2. The van der Waals surface area contributed by atoms with Gasteiger partial charge in [-0.3, -0.25) is 10.3 Å². The maximum atomic E-state index is 11.8. The minimum absolute atomic E-state index is 0.272. The van der Waals surface area contributed by atoms with E-state index in [0.29, 0.717) is 11.8 Å². The average Bonchev–Trinajstić information content (AvgIpc) is 2.84. The summed E-state index contributed by atoms with van der Waals surface area (Å²) in [4.78, 5) is 15.9. The fraction of sp³-hybridized carbons (Fsp3) is 0.333. The van der Waals surface area contributed by atoms with Crippen LogP contribution in [0.3, 0.4) is 0 Å². The van der Waals surface area contributed by atoms with Crippen LogP contribution in [0.1, 0.15) is 5.56 Å². The molecule has 0 atom stereocenters. The smallest absolute Gasteiger partial charge is 0.325 e. The third-order valence-electron chi connectivity index (χ3n) is 2.37. The summed E-state index contributed by atoms with van der Waals surface area (Å²) in [5.41, 5.74) is 1.69. The zero-order valence-electron chi connectivity index (χ0n) is 10.1. The standard InChI is InChI=1S/C12H15N3O2S/c1-17-8-9-4-2-3-5-10(9)14-11(16)15-12-13-6-7-18-12/h2-5H,6-8H2,1H3,(H2,13,14,15,16). The second-order valence-electron chi connectivity index (χ2n) is 3.70. The number of carbonyl (C=O) groups is 1. The molecule has 96 valence electrons. The van der Waals surface area contributed by atoms with Crippen molar-refractivity contribution >= 4 is 28.6 Å². The third kappa shape index (κ3) is 3.48. The van der Waals surface area contributed by atoms with Gasteiger partial charge in [-0.2, -0.15) is 0 Å². The van der Waals surface area contributed by atoms with Crippen LogP contribution in [0.4, 0.5) is 10.5 Å². The normalized spacial score (nSPS) is 14.2. The molecule has 2 N–H and O–H groups in total. The zero-order valence-corrected chi connectivity index (χ0v) is 10.9. The molecule has 0 aliphatic carbocycles. The van der Waals surface area contributed by atoms with Crippen LogP contribution in [-0.2, 0) is 11.3 Å². The van der Waals surface area contributed by atoms with E-state index in [4.69, 9.17) is 4.74 Å². The molecule has 0 fully saturated rings. The van der Waals surface area contributed by atoms with Crippen molar-refractivity contribution in [2.45, 2.75) is 6.61 Å². The lowest BCUT2D eigenvalue weighted by Crippen LogP contribution is -2.32. The van der Waals surface area contributed by atoms with Gasteiger partial charge in [0.25, 0.3) is 0 Å². The van der Waals surface area contributed by atoms with E-state index >= 15 is 0 Å². The first-order valence-corrected chi connectivity index (χ1v) is 6.60. The molecular weight excluding hydrogens is 250 g/mol. The van der Waals surface area contributed by atoms with Crippen molar-refractivity contribution in [2.24, 2.45) is 4.99 Å². The number of hydrogen-bond acceptors (Lipinski definition) is 4. The SMILES string of the molecule is COCc1ccccc1NC(=O)NC1=NCCS1. The molecule has 1 aromatic rings. The summed E-state index contributed by atoms with van der Waals surface area (Å²) in [6, 6.07) is 7.27. The number of nitrogens with one attached hydrogen (secondary N) is 2. The Bertz CT molecular complexity index is 462. The predicted molar refractivity (Wildman–Crippen MR) is 74.1 cm³/mol. The summed E-state index contributed by atoms with van der Waals surface area (Å²) in [6.45, 7) is 1.23. The lowest BCUT2D eigenvalue weighted by molar-refractivity contribution is 0.185. The van der Waals surface area contributed by atoms with Crippen LogP contribution in [-0.4, -0.2) is 30.6 Å². The number of anilines is 1. The molecule has 0 unspecified atom stereocenters. The van der Waals surface area contributed by atoms with Crippen LogP contribution < -0.4 is 10.6 Å². The number of thioether (sulfide) groups is 1. The molecule has 0 aromatic heterocycles. The monoisotopic (exact) mass is 265 g/mol. The Morgan fingerprint density at radius 1 is 1.44 bits per heavy atom. The van der Waals surface area contributed by atoms with Crippen molar-refractivity contribution in [3.8, 4) is 0 Å². The van der Waals surface area contributed by atoms with E-state index in [1.165, 1.54) is 0 Å². The number of methoxy groups -OCH3 is 1. The third-order valence-corrected chi connectivity index (χ3v) is 3.26. The van der Waals surface area contributed by atoms with E-state index in [-0.39, 0.29) is 6.03 Å². The van der Waals surface area contributed by atoms with Gasteiger partial charge in [0.1, 0.15) is 0 Å². The number of amidine groups is 1. The van der Waals surface area contributed by atoms with Gasteiger partial charge >= 0.3 is 6.03 Å². The van der Waals surface area contributed by atoms with Gasteiger partial charge in [0.05, 0.1) is 13.2 Å². The topological polar surface area (TPSA) is 62.7 Å². The van der Waals surface area contributed by atoms with Crippen molar-refractivity contribution in [3.05, 3.63) is 29.8 Å². The minimum atomic E-state index is -0.272. The molecular formula is C12H15N3O2S. The Morgan fingerprint density at radius 3 is 3.00 bits per heavy atom. The molecule has 1 aliphatic rings. The van der Waals surface area contributed by atoms with Crippen molar-refractivity contribution in [2.75, 3.05) is 24.7 Å². The molecule has 5 nitrogen and oxygen atoms in total. The Kier molecular flexibility index (Phi) is 4.60. The molecule has 2 rings (SSSR count). The molecule has 6 heteroatoms. The largest absolute Gasteiger partial charge is 0.380 e. The van der Waals surface area contributed by atoms with Crippen molar-refractivity contribution in [1.82, 2.24) is 5.32 Å². The molecule has 18 heavy (non-hydrogen) atoms. The summed E-state index contributed by atoms with van der Waals surface area (Å²) in [6.07, 6.45) is 0. The Morgan fingerprint density at radius 2 is 2.28 bits per heavy atom. The fourth-order valence-corrected chi connectivity index (χ4v) is 2.31. The zero-order chi connectivity index (χ0) is 12.8. The number of urea groups is 1. The van der Waals surface area contributed by atoms with Crippen molar-refractivity contribution in [1.29, 1.82) is 0 Å². The number of nitrogens with zero attached hydrogens (tertiary/aromatic N) is 1. The highest BCUT2D eigenvalue weighted by Crippen LogP contribution is 2.16. The van der Waals surface area contributed by atoms with Crippen LogP contribution in [0.2, 0.25) is 0 Å². The van der Waals surface area contributed by atoms with E-state index < -0.39 is 0 Å². The van der Waals surface area contributed by atoms with E-state index in [1.807, 2.05) is 24.3 Å². The highest BCUT2D eigenvalue weighted by molar-refractivity contribution is 8.14. The van der Waals surface area contributed by atoms with Gasteiger partial charge in [-0.15, -0.1) is 0 Å². The van der Waals surface area contributed by atoms with Crippen LogP contribution in [0, 0.1) is 0 Å². The van der Waals surface area contributed by atoms with Gasteiger partial charge in [-0.1, -0.05) is 30.0 Å². The minimum Gasteiger partial charge on any atom is -0.380 e. The van der Waals surface area contributed by atoms with Gasteiger partial charge in [-0.25, -0.2) is 4.79 Å². The predicted octanol–water partition coefficient (Wildman–Crippen LogP) is 2.06. The second-order valence-corrected chi connectivity index (χ2v) is 4.79. The Balaban J connectivity index is 1.97. The van der Waals surface area contributed by atoms with E-state index in [1.54, 1.807) is 18.9 Å². The molecule has 1 aliphatic heterocycles. The molecule has 2 amide bonds. The lowest BCUT2D eigenvalue weighted by Gasteiger charge is -2.10. The van der Waals surface area contributed by atoms with Gasteiger partial charge in [0, 0.05) is 24.1 Å². The second kappa shape index (κ2) is 6.42.